The molecule has 82 valence electrons. The highest BCUT2D eigenvalue weighted by Gasteiger charge is 2.17. The maximum absolute atomic E-state index is 11.2. The molecule has 1 atom stereocenters. The molecule has 1 aliphatic heterocycles. The van der Waals surface area contributed by atoms with Gasteiger partial charge in [-0.1, -0.05) is 0 Å². The molecule has 2 heterocycles. The van der Waals surface area contributed by atoms with Crippen LogP contribution in [0, 0.1) is 0 Å². The van der Waals surface area contributed by atoms with Crippen LogP contribution in [0.2, 0.25) is 0 Å². The van der Waals surface area contributed by atoms with Gasteiger partial charge in [0.2, 0.25) is 0 Å². The molecule has 2 rings (SSSR count). The zero-order chi connectivity index (χ0) is 10.7. The molecule has 1 aromatic rings. The summed E-state index contributed by atoms with van der Waals surface area (Å²) in [6, 6.07) is 0. The van der Waals surface area contributed by atoms with Gasteiger partial charge >= 0.3 is 0 Å². The zero-order valence-electron chi connectivity index (χ0n) is 8.36. The number of halogens is 1. The lowest BCUT2D eigenvalue weighted by molar-refractivity contribution is 0.0937. The van der Waals surface area contributed by atoms with Crippen LogP contribution in [0.3, 0.4) is 0 Å². The van der Waals surface area contributed by atoms with Crippen LogP contribution in [-0.4, -0.2) is 34.2 Å². The first-order chi connectivity index (χ1) is 7.29. The van der Waals surface area contributed by atoms with Crippen molar-refractivity contribution < 1.29 is 9.53 Å². The molecule has 1 fully saturated rings. The van der Waals surface area contributed by atoms with E-state index in [9.17, 15) is 4.79 Å². The van der Waals surface area contributed by atoms with Crippen LogP contribution < -0.4 is 0 Å². The smallest absolute Gasteiger partial charge is 0.180 e. The molecule has 0 spiro atoms. The summed E-state index contributed by atoms with van der Waals surface area (Å²) in [7, 11) is 0. The molecule has 0 aliphatic carbocycles. The molecule has 0 saturated carbocycles. The van der Waals surface area contributed by atoms with Crippen molar-refractivity contribution in [3.05, 3.63) is 18.0 Å². The lowest BCUT2D eigenvalue weighted by Crippen LogP contribution is -2.15. The summed E-state index contributed by atoms with van der Waals surface area (Å²) in [5, 5.41) is 4.11. The largest absolute Gasteiger partial charge is 0.376 e. The highest BCUT2D eigenvalue weighted by atomic mass is 35.5. The number of ether oxygens (including phenoxy) is 1. The number of carbonyl (C=O) groups is 1. The summed E-state index contributed by atoms with van der Waals surface area (Å²) < 4.78 is 7.23. The van der Waals surface area contributed by atoms with E-state index in [1.165, 1.54) is 0 Å². The Balaban J connectivity index is 1.97. The number of nitrogens with zero attached hydrogens (tertiary/aromatic N) is 2. The first-order valence-corrected chi connectivity index (χ1v) is 5.56. The molecule has 0 bridgehead atoms. The molecular formula is C10H13ClN2O2. The number of aromatic nitrogens is 2. The lowest BCUT2D eigenvalue weighted by atomic mass is 10.2. The van der Waals surface area contributed by atoms with Gasteiger partial charge in [-0.15, -0.1) is 11.6 Å². The van der Waals surface area contributed by atoms with E-state index in [2.05, 4.69) is 5.10 Å². The molecule has 4 nitrogen and oxygen atoms in total. The minimum atomic E-state index is -0.0877. The molecule has 1 aromatic heterocycles. The number of carbonyl (C=O) groups excluding carboxylic acids is 1. The van der Waals surface area contributed by atoms with Crippen molar-refractivity contribution in [3.63, 3.8) is 0 Å². The Kier molecular flexibility index (Phi) is 3.38. The first kappa shape index (κ1) is 10.6. The van der Waals surface area contributed by atoms with Crippen LogP contribution in [0.4, 0.5) is 0 Å². The summed E-state index contributed by atoms with van der Waals surface area (Å²) in [5.41, 5.74) is 0.572. The highest BCUT2D eigenvalue weighted by Crippen LogP contribution is 2.14. The van der Waals surface area contributed by atoms with Gasteiger partial charge in [-0.05, 0) is 12.8 Å². The normalized spacial score (nSPS) is 20.7. The van der Waals surface area contributed by atoms with Gasteiger partial charge < -0.3 is 4.74 Å². The average molecular weight is 229 g/mol. The molecule has 5 heteroatoms. The summed E-state index contributed by atoms with van der Waals surface area (Å²) >= 11 is 5.45. The van der Waals surface area contributed by atoms with Gasteiger partial charge in [0.25, 0.3) is 0 Å². The summed E-state index contributed by atoms with van der Waals surface area (Å²) in [5.74, 6) is -0.0821. The standard InChI is InChI=1S/C10H13ClN2O2/c11-4-10(14)8-5-12-13(6-8)7-9-2-1-3-15-9/h5-6,9H,1-4,7H2/t9-/m0/s1. The molecule has 1 aliphatic rings. The van der Waals surface area contributed by atoms with Crippen molar-refractivity contribution in [2.24, 2.45) is 0 Å². The molecular weight excluding hydrogens is 216 g/mol. The fourth-order valence-electron chi connectivity index (χ4n) is 1.68. The molecule has 0 unspecified atom stereocenters. The predicted octanol–water partition coefficient (Wildman–Crippen LogP) is 1.48. The molecule has 0 aromatic carbocycles. The SMILES string of the molecule is O=C(CCl)c1cnn(C[C@@H]2CCCO2)c1. The topological polar surface area (TPSA) is 44.1 Å². The third kappa shape index (κ3) is 2.58. The molecule has 15 heavy (non-hydrogen) atoms. The van der Waals surface area contributed by atoms with E-state index >= 15 is 0 Å². The number of Topliss-reactive ketones (excluding diaryl/α,β-unsaturated/α-hetero) is 1. The van der Waals surface area contributed by atoms with E-state index in [0.29, 0.717) is 5.56 Å². The second-order valence-corrected chi connectivity index (χ2v) is 3.91. The Morgan fingerprint density at radius 2 is 2.60 bits per heavy atom. The first-order valence-electron chi connectivity index (χ1n) is 5.03. The van der Waals surface area contributed by atoms with Crippen LogP contribution in [-0.2, 0) is 11.3 Å². The maximum atomic E-state index is 11.2. The molecule has 0 N–H and O–H groups in total. The van der Waals surface area contributed by atoms with Gasteiger partial charge in [0.05, 0.1) is 30.3 Å². The third-order valence-electron chi connectivity index (χ3n) is 2.49. The monoisotopic (exact) mass is 228 g/mol. The highest BCUT2D eigenvalue weighted by molar-refractivity contribution is 6.30. The van der Waals surface area contributed by atoms with Gasteiger partial charge in [-0.3, -0.25) is 9.48 Å². The number of alkyl halides is 1. The summed E-state index contributed by atoms with van der Waals surface area (Å²) in [6.45, 7) is 1.55. The van der Waals surface area contributed by atoms with Crippen molar-refractivity contribution >= 4 is 17.4 Å². The van der Waals surface area contributed by atoms with Gasteiger partial charge in [-0.25, -0.2) is 0 Å². The Bertz CT molecular complexity index is 345. The Morgan fingerprint density at radius 1 is 1.73 bits per heavy atom. The van der Waals surface area contributed by atoms with Crippen molar-refractivity contribution in [2.45, 2.75) is 25.5 Å². The van der Waals surface area contributed by atoms with Gasteiger partial charge in [0.15, 0.2) is 5.78 Å². The minimum absolute atomic E-state index is 0.00558. The van der Waals surface area contributed by atoms with Crippen molar-refractivity contribution in [1.82, 2.24) is 9.78 Å². The van der Waals surface area contributed by atoms with Gasteiger partial charge in [0, 0.05) is 12.8 Å². The summed E-state index contributed by atoms with van der Waals surface area (Å²) in [4.78, 5) is 11.2. The van der Waals surface area contributed by atoms with Crippen LogP contribution in [0.5, 0.6) is 0 Å². The maximum Gasteiger partial charge on any atom is 0.180 e. The van der Waals surface area contributed by atoms with E-state index in [0.717, 1.165) is 26.0 Å². The molecule has 0 amide bonds. The number of rotatable bonds is 4. The number of hydrogen-bond acceptors (Lipinski definition) is 3. The van der Waals surface area contributed by atoms with Gasteiger partial charge in [-0.2, -0.15) is 5.10 Å². The Labute approximate surface area is 93.2 Å². The Hall–Kier alpha value is -0.870. The van der Waals surface area contributed by atoms with Crippen LogP contribution in [0.25, 0.3) is 0 Å². The van der Waals surface area contributed by atoms with Gasteiger partial charge in [0.1, 0.15) is 0 Å². The second kappa shape index (κ2) is 4.77. The van der Waals surface area contributed by atoms with E-state index in [4.69, 9.17) is 16.3 Å². The van der Waals surface area contributed by atoms with Crippen LogP contribution in [0.15, 0.2) is 12.4 Å². The quantitative estimate of drug-likeness (QED) is 0.579. The molecule has 1 saturated heterocycles. The lowest BCUT2D eigenvalue weighted by Gasteiger charge is -2.08. The second-order valence-electron chi connectivity index (χ2n) is 3.64. The van der Waals surface area contributed by atoms with E-state index in [-0.39, 0.29) is 17.8 Å². The van der Waals surface area contributed by atoms with E-state index < -0.39 is 0 Å². The minimum Gasteiger partial charge on any atom is -0.376 e. The fourth-order valence-corrected chi connectivity index (χ4v) is 1.84. The zero-order valence-corrected chi connectivity index (χ0v) is 9.11. The van der Waals surface area contributed by atoms with Crippen molar-refractivity contribution in [2.75, 3.05) is 12.5 Å². The van der Waals surface area contributed by atoms with Crippen molar-refractivity contribution in [1.29, 1.82) is 0 Å². The summed E-state index contributed by atoms with van der Waals surface area (Å²) in [6.07, 6.45) is 5.70. The predicted molar refractivity (Wildman–Crippen MR) is 56.3 cm³/mol. The average Bonchev–Trinajstić information content (AvgIpc) is 2.88. The number of ketones is 1. The fraction of sp³-hybridized carbons (Fsp3) is 0.600. The molecule has 0 radical (unpaired) electrons. The van der Waals surface area contributed by atoms with Crippen LogP contribution >= 0.6 is 11.6 Å². The van der Waals surface area contributed by atoms with Crippen molar-refractivity contribution in [3.8, 4) is 0 Å². The number of hydrogen-bond donors (Lipinski definition) is 0. The van der Waals surface area contributed by atoms with Crippen LogP contribution in [0.1, 0.15) is 23.2 Å². The van der Waals surface area contributed by atoms with E-state index in [1.807, 2.05) is 0 Å². The Morgan fingerprint density at radius 3 is 3.27 bits per heavy atom. The van der Waals surface area contributed by atoms with E-state index in [1.54, 1.807) is 17.1 Å². The third-order valence-corrected chi connectivity index (χ3v) is 2.73.